The molecule has 2 atom stereocenters. The molecular formula is C18H25NO5. The number of hydrogen-bond donors (Lipinski definition) is 1. The van der Waals surface area contributed by atoms with Gasteiger partial charge in [0.05, 0.1) is 12.7 Å². The van der Waals surface area contributed by atoms with Gasteiger partial charge in [-0.25, -0.2) is 9.59 Å². The molecule has 0 aliphatic rings. The molecule has 0 aliphatic carbocycles. The summed E-state index contributed by atoms with van der Waals surface area (Å²) in [5.74, 6) is -1.71. The number of aryl methyl sites for hydroxylation is 1. The van der Waals surface area contributed by atoms with Crippen LogP contribution in [0.2, 0.25) is 0 Å². The smallest absolute Gasteiger partial charge is 0.338 e. The van der Waals surface area contributed by atoms with Gasteiger partial charge in [0.2, 0.25) is 0 Å². The van der Waals surface area contributed by atoms with Gasteiger partial charge in [-0.2, -0.15) is 0 Å². The second-order valence-electron chi connectivity index (χ2n) is 5.78. The highest BCUT2D eigenvalue weighted by atomic mass is 16.5. The molecule has 6 nitrogen and oxygen atoms in total. The molecule has 0 radical (unpaired) electrons. The van der Waals surface area contributed by atoms with Crippen LogP contribution in [0.15, 0.2) is 18.2 Å². The van der Waals surface area contributed by atoms with E-state index in [9.17, 15) is 14.4 Å². The van der Waals surface area contributed by atoms with Crippen LogP contribution in [-0.4, -0.2) is 37.6 Å². The first kappa shape index (κ1) is 19.7. The molecule has 0 aromatic heterocycles. The lowest BCUT2D eigenvalue weighted by atomic mass is 9.99. The van der Waals surface area contributed by atoms with Crippen molar-refractivity contribution < 1.29 is 23.9 Å². The summed E-state index contributed by atoms with van der Waals surface area (Å²) in [6, 6.07) is 4.55. The fourth-order valence-electron chi connectivity index (χ4n) is 2.19. The first-order valence-corrected chi connectivity index (χ1v) is 7.92. The lowest BCUT2D eigenvalue weighted by molar-refractivity contribution is -0.147. The van der Waals surface area contributed by atoms with Crippen molar-refractivity contribution in [2.45, 2.75) is 40.2 Å². The Balaban J connectivity index is 2.66. The molecule has 0 spiro atoms. The maximum absolute atomic E-state index is 12.1. The van der Waals surface area contributed by atoms with Gasteiger partial charge in [0.15, 0.2) is 6.61 Å². The van der Waals surface area contributed by atoms with Crippen molar-refractivity contribution in [3.05, 3.63) is 34.9 Å². The van der Waals surface area contributed by atoms with Crippen LogP contribution in [0.5, 0.6) is 0 Å². The summed E-state index contributed by atoms with van der Waals surface area (Å²) in [4.78, 5) is 35.8. The van der Waals surface area contributed by atoms with E-state index in [4.69, 9.17) is 9.47 Å². The first-order chi connectivity index (χ1) is 11.3. The number of hydrogen-bond acceptors (Lipinski definition) is 5. The highest BCUT2D eigenvalue weighted by Gasteiger charge is 2.27. The molecule has 0 unspecified atom stereocenters. The van der Waals surface area contributed by atoms with Crippen molar-refractivity contribution in [2.75, 3.05) is 13.7 Å². The summed E-state index contributed by atoms with van der Waals surface area (Å²) < 4.78 is 9.75. The second-order valence-corrected chi connectivity index (χ2v) is 5.78. The van der Waals surface area contributed by atoms with E-state index in [0.717, 1.165) is 11.1 Å². The molecule has 0 saturated heterocycles. The number of carbonyl (C=O) groups excluding carboxylic acids is 3. The molecule has 1 N–H and O–H groups in total. The number of esters is 2. The third-order valence-corrected chi connectivity index (χ3v) is 4.14. The average Bonchev–Trinajstić information content (AvgIpc) is 2.58. The van der Waals surface area contributed by atoms with E-state index in [-0.39, 0.29) is 5.92 Å². The van der Waals surface area contributed by atoms with Crippen molar-refractivity contribution in [3.63, 3.8) is 0 Å². The standard InChI is InChI=1S/C18H25NO5/c1-6-11(2)16(18(22)23-5)19-15(20)10-24-17(21)14-9-7-8-12(3)13(14)4/h7-9,11,16H,6,10H2,1-5H3,(H,19,20)/t11-,16-/m0/s1. The highest BCUT2D eigenvalue weighted by molar-refractivity contribution is 5.93. The van der Waals surface area contributed by atoms with Crippen LogP contribution < -0.4 is 5.32 Å². The first-order valence-electron chi connectivity index (χ1n) is 7.92. The normalized spacial score (nSPS) is 12.9. The molecule has 24 heavy (non-hydrogen) atoms. The van der Waals surface area contributed by atoms with Crippen molar-refractivity contribution in [3.8, 4) is 0 Å². The SMILES string of the molecule is CC[C@H](C)[C@H](NC(=O)COC(=O)c1cccc(C)c1C)C(=O)OC. The van der Waals surface area contributed by atoms with E-state index >= 15 is 0 Å². The third-order valence-electron chi connectivity index (χ3n) is 4.14. The van der Waals surface area contributed by atoms with E-state index in [0.29, 0.717) is 12.0 Å². The Kier molecular flexibility index (Phi) is 7.42. The van der Waals surface area contributed by atoms with Crippen molar-refractivity contribution >= 4 is 17.8 Å². The average molecular weight is 335 g/mol. The summed E-state index contributed by atoms with van der Waals surface area (Å²) in [6.07, 6.45) is 0.697. The molecule has 1 rings (SSSR count). The molecular weight excluding hydrogens is 310 g/mol. The Bertz CT molecular complexity index is 611. The van der Waals surface area contributed by atoms with Gasteiger partial charge in [0, 0.05) is 0 Å². The molecule has 1 aromatic rings. The molecule has 0 fully saturated rings. The Morgan fingerprint density at radius 2 is 1.88 bits per heavy atom. The number of carbonyl (C=O) groups is 3. The molecule has 0 saturated carbocycles. The molecule has 1 amide bonds. The van der Waals surface area contributed by atoms with E-state index < -0.39 is 30.5 Å². The van der Waals surface area contributed by atoms with Crippen LogP contribution >= 0.6 is 0 Å². The predicted octanol–water partition coefficient (Wildman–Crippen LogP) is 2.16. The minimum absolute atomic E-state index is 0.0869. The molecule has 0 aliphatic heterocycles. The van der Waals surface area contributed by atoms with Crippen LogP contribution in [0, 0.1) is 19.8 Å². The Labute approximate surface area is 142 Å². The van der Waals surface area contributed by atoms with Gasteiger partial charge in [0.1, 0.15) is 6.04 Å². The number of rotatable bonds is 7. The van der Waals surface area contributed by atoms with Gasteiger partial charge >= 0.3 is 11.9 Å². The molecule has 6 heteroatoms. The topological polar surface area (TPSA) is 81.7 Å². The summed E-state index contributed by atoms with van der Waals surface area (Å²) in [5, 5.41) is 2.56. The number of methoxy groups -OCH3 is 1. The van der Waals surface area contributed by atoms with E-state index in [2.05, 4.69) is 5.32 Å². The van der Waals surface area contributed by atoms with E-state index in [1.165, 1.54) is 7.11 Å². The predicted molar refractivity (Wildman–Crippen MR) is 89.6 cm³/mol. The molecule has 132 valence electrons. The van der Waals surface area contributed by atoms with Gasteiger partial charge in [-0.1, -0.05) is 32.4 Å². The molecule has 1 aromatic carbocycles. The maximum Gasteiger partial charge on any atom is 0.338 e. The fourth-order valence-corrected chi connectivity index (χ4v) is 2.19. The Hall–Kier alpha value is -2.37. The highest BCUT2D eigenvalue weighted by Crippen LogP contribution is 2.14. The zero-order valence-corrected chi connectivity index (χ0v) is 14.8. The molecule has 0 heterocycles. The number of ether oxygens (including phenoxy) is 2. The lowest BCUT2D eigenvalue weighted by Gasteiger charge is -2.21. The van der Waals surface area contributed by atoms with Crippen LogP contribution in [0.4, 0.5) is 0 Å². The Morgan fingerprint density at radius 3 is 2.46 bits per heavy atom. The van der Waals surface area contributed by atoms with Gasteiger partial charge in [-0.3, -0.25) is 4.79 Å². The summed E-state index contributed by atoms with van der Waals surface area (Å²) in [5.41, 5.74) is 2.21. The van der Waals surface area contributed by atoms with Gasteiger partial charge < -0.3 is 14.8 Å². The minimum atomic E-state index is -0.757. The Morgan fingerprint density at radius 1 is 1.21 bits per heavy atom. The van der Waals surface area contributed by atoms with Crippen LogP contribution in [0.25, 0.3) is 0 Å². The van der Waals surface area contributed by atoms with Gasteiger partial charge in [0.25, 0.3) is 5.91 Å². The number of nitrogens with one attached hydrogen (secondary N) is 1. The van der Waals surface area contributed by atoms with E-state index in [1.54, 1.807) is 12.1 Å². The summed E-state index contributed by atoms with van der Waals surface area (Å²) >= 11 is 0. The zero-order chi connectivity index (χ0) is 18.3. The maximum atomic E-state index is 12.1. The second kappa shape index (κ2) is 9.05. The van der Waals surface area contributed by atoms with Gasteiger partial charge in [-0.15, -0.1) is 0 Å². The van der Waals surface area contributed by atoms with Crippen molar-refractivity contribution in [1.82, 2.24) is 5.32 Å². The van der Waals surface area contributed by atoms with Gasteiger partial charge in [-0.05, 0) is 37.0 Å². The minimum Gasteiger partial charge on any atom is -0.467 e. The number of amides is 1. The van der Waals surface area contributed by atoms with Crippen LogP contribution in [0.1, 0.15) is 41.8 Å². The number of benzene rings is 1. The van der Waals surface area contributed by atoms with Crippen molar-refractivity contribution in [1.29, 1.82) is 0 Å². The van der Waals surface area contributed by atoms with E-state index in [1.807, 2.05) is 33.8 Å². The quantitative estimate of drug-likeness (QED) is 0.772. The zero-order valence-electron chi connectivity index (χ0n) is 14.8. The lowest BCUT2D eigenvalue weighted by Crippen LogP contribution is -2.47. The largest absolute Gasteiger partial charge is 0.467 e. The molecule has 0 bridgehead atoms. The summed E-state index contributed by atoms with van der Waals surface area (Å²) in [6.45, 7) is 7.02. The fraction of sp³-hybridized carbons (Fsp3) is 0.500. The van der Waals surface area contributed by atoms with Crippen LogP contribution in [0.3, 0.4) is 0 Å². The third kappa shape index (κ3) is 5.08. The summed E-state index contributed by atoms with van der Waals surface area (Å²) in [7, 11) is 1.27. The monoisotopic (exact) mass is 335 g/mol. The van der Waals surface area contributed by atoms with Crippen molar-refractivity contribution in [2.24, 2.45) is 5.92 Å². The van der Waals surface area contributed by atoms with Crippen LogP contribution in [-0.2, 0) is 19.1 Å².